The van der Waals surface area contributed by atoms with Gasteiger partial charge in [0.15, 0.2) is 0 Å². The van der Waals surface area contributed by atoms with Gasteiger partial charge in [0.25, 0.3) is 0 Å². The SMILES string of the molecule is Oc1ccccc1-c1cnnnn1. The predicted molar refractivity (Wildman–Crippen MR) is 44.7 cm³/mol. The highest BCUT2D eigenvalue weighted by Gasteiger charge is 2.04. The number of nitrogens with zero attached hydrogens (tertiary/aromatic N) is 4. The largest absolute Gasteiger partial charge is 0.507 e. The number of para-hydroxylation sites is 1. The molecule has 13 heavy (non-hydrogen) atoms. The molecule has 0 saturated heterocycles. The van der Waals surface area contributed by atoms with E-state index in [4.69, 9.17) is 0 Å². The highest BCUT2D eigenvalue weighted by atomic mass is 16.3. The number of hydrogen-bond donors (Lipinski definition) is 1. The summed E-state index contributed by atoms with van der Waals surface area (Å²) >= 11 is 0. The van der Waals surface area contributed by atoms with Gasteiger partial charge in [-0.25, -0.2) is 0 Å². The molecule has 5 nitrogen and oxygen atoms in total. The second-order valence-electron chi connectivity index (χ2n) is 2.43. The Kier molecular flexibility index (Phi) is 1.84. The number of aromatic hydroxyl groups is 1. The van der Waals surface area contributed by atoms with Crippen molar-refractivity contribution in [2.45, 2.75) is 0 Å². The summed E-state index contributed by atoms with van der Waals surface area (Å²) in [5.74, 6) is 0.157. The van der Waals surface area contributed by atoms with Crippen molar-refractivity contribution in [3.8, 4) is 17.0 Å². The first-order valence-electron chi connectivity index (χ1n) is 3.67. The fourth-order valence-electron chi connectivity index (χ4n) is 1.01. The lowest BCUT2D eigenvalue weighted by molar-refractivity contribution is 0.477. The number of rotatable bonds is 1. The van der Waals surface area contributed by atoms with Gasteiger partial charge in [-0.1, -0.05) is 12.1 Å². The highest BCUT2D eigenvalue weighted by molar-refractivity contribution is 5.64. The van der Waals surface area contributed by atoms with Gasteiger partial charge >= 0.3 is 0 Å². The quantitative estimate of drug-likeness (QED) is 0.686. The third-order valence-corrected chi connectivity index (χ3v) is 1.60. The molecule has 1 aromatic carbocycles. The lowest BCUT2D eigenvalue weighted by Crippen LogP contribution is -1.92. The minimum absolute atomic E-state index is 0.157. The van der Waals surface area contributed by atoms with Crippen LogP contribution in [-0.2, 0) is 0 Å². The minimum Gasteiger partial charge on any atom is -0.507 e. The van der Waals surface area contributed by atoms with Crippen molar-refractivity contribution in [3.05, 3.63) is 30.5 Å². The summed E-state index contributed by atoms with van der Waals surface area (Å²) in [7, 11) is 0. The van der Waals surface area contributed by atoms with E-state index in [0.29, 0.717) is 11.3 Å². The van der Waals surface area contributed by atoms with Gasteiger partial charge in [-0.3, -0.25) is 0 Å². The van der Waals surface area contributed by atoms with Crippen molar-refractivity contribution in [2.24, 2.45) is 0 Å². The monoisotopic (exact) mass is 174 g/mol. The van der Waals surface area contributed by atoms with E-state index in [9.17, 15) is 5.11 Å². The van der Waals surface area contributed by atoms with E-state index >= 15 is 0 Å². The van der Waals surface area contributed by atoms with E-state index in [0.717, 1.165) is 0 Å². The molecule has 2 aromatic rings. The van der Waals surface area contributed by atoms with Crippen LogP contribution in [-0.4, -0.2) is 25.7 Å². The van der Waals surface area contributed by atoms with Crippen LogP contribution in [0.3, 0.4) is 0 Å². The maximum Gasteiger partial charge on any atom is 0.125 e. The molecule has 0 atom stereocenters. The van der Waals surface area contributed by atoms with Crippen molar-refractivity contribution >= 4 is 0 Å². The van der Waals surface area contributed by atoms with E-state index in [1.165, 1.54) is 6.20 Å². The molecule has 0 spiro atoms. The van der Waals surface area contributed by atoms with Gasteiger partial charge in [-0.2, -0.15) is 0 Å². The maximum absolute atomic E-state index is 9.45. The average molecular weight is 174 g/mol. The predicted octanol–water partition coefficient (Wildman–Crippen LogP) is 0.639. The molecule has 0 unspecified atom stereocenters. The Morgan fingerprint density at radius 3 is 2.62 bits per heavy atom. The van der Waals surface area contributed by atoms with Crippen LogP contribution in [0, 0.1) is 0 Å². The van der Waals surface area contributed by atoms with Crippen LogP contribution in [0.15, 0.2) is 30.5 Å². The molecule has 0 bridgehead atoms. The summed E-state index contributed by atoms with van der Waals surface area (Å²) in [5, 5.41) is 23.4. The van der Waals surface area contributed by atoms with Gasteiger partial charge in [0.1, 0.15) is 11.4 Å². The van der Waals surface area contributed by atoms with E-state index in [-0.39, 0.29) is 5.75 Å². The van der Waals surface area contributed by atoms with E-state index in [1.807, 2.05) is 0 Å². The number of phenols is 1. The van der Waals surface area contributed by atoms with Crippen LogP contribution >= 0.6 is 0 Å². The molecule has 0 radical (unpaired) electrons. The van der Waals surface area contributed by atoms with E-state index in [2.05, 4.69) is 20.6 Å². The number of hydrogen-bond acceptors (Lipinski definition) is 5. The van der Waals surface area contributed by atoms with Gasteiger partial charge in [0.05, 0.1) is 6.20 Å². The zero-order chi connectivity index (χ0) is 9.10. The zero-order valence-corrected chi connectivity index (χ0v) is 6.62. The molecular formula is C8H6N4O. The smallest absolute Gasteiger partial charge is 0.125 e. The number of benzene rings is 1. The third-order valence-electron chi connectivity index (χ3n) is 1.60. The first-order chi connectivity index (χ1) is 6.38. The highest BCUT2D eigenvalue weighted by Crippen LogP contribution is 2.25. The zero-order valence-electron chi connectivity index (χ0n) is 6.62. The fourth-order valence-corrected chi connectivity index (χ4v) is 1.01. The molecule has 1 aromatic heterocycles. The topological polar surface area (TPSA) is 71.8 Å². The molecule has 0 saturated carbocycles. The van der Waals surface area contributed by atoms with Crippen molar-refractivity contribution in [1.82, 2.24) is 20.6 Å². The molecule has 1 N–H and O–H groups in total. The van der Waals surface area contributed by atoms with Crippen molar-refractivity contribution in [2.75, 3.05) is 0 Å². The van der Waals surface area contributed by atoms with Crippen molar-refractivity contribution < 1.29 is 5.11 Å². The lowest BCUT2D eigenvalue weighted by atomic mass is 10.1. The molecule has 0 aliphatic carbocycles. The molecule has 64 valence electrons. The third kappa shape index (κ3) is 1.44. The van der Waals surface area contributed by atoms with Crippen molar-refractivity contribution in [3.63, 3.8) is 0 Å². The Hall–Kier alpha value is -2.04. The molecule has 0 aliphatic heterocycles. The van der Waals surface area contributed by atoms with Crippen LogP contribution in [0.25, 0.3) is 11.3 Å². The van der Waals surface area contributed by atoms with Crippen LogP contribution < -0.4 is 0 Å². The second kappa shape index (κ2) is 3.14. The molecule has 0 fully saturated rings. The average Bonchev–Trinajstić information content (AvgIpc) is 2.20. The Morgan fingerprint density at radius 2 is 1.92 bits per heavy atom. The van der Waals surface area contributed by atoms with Gasteiger partial charge in [0, 0.05) is 5.56 Å². The summed E-state index contributed by atoms with van der Waals surface area (Å²) in [4.78, 5) is 0. The van der Waals surface area contributed by atoms with Gasteiger partial charge < -0.3 is 5.11 Å². The number of aromatic nitrogens is 4. The Morgan fingerprint density at radius 1 is 1.08 bits per heavy atom. The van der Waals surface area contributed by atoms with E-state index in [1.54, 1.807) is 24.3 Å². The number of phenolic OH excluding ortho intramolecular Hbond substituents is 1. The summed E-state index contributed by atoms with van der Waals surface area (Å²) < 4.78 is 0. The molecule has 0 amide bonds. The molecular weight excluding hydrogens is 168 g/mol. The normalized spacial score (nSPS) is 9.85. The first-order valence-corrected chi connectivity index (χ1v) is 3.67. The van der Waals surface area contributed by atoms with Crippen molar-refractivity contribution in [1.29, 1.82) is 0 Å². The summed E-state index contributed by atoms with van der Waals surface area (Å²) in [6, 6.07) is 6.86. The van der Waals surface area contributed by atoms with Crippen LogP contribution in [0.1, 0.15) is 0 Å². The standard InChI is InChI=1S/C8H6N4O/c13-8-4-2-1-3-6(8)7-5-9-11-12-10-7/h1-5,13H. The Balaban J connectivity index is 2.54. The Labute approximate surface area is 74.1 Å². The molecule has 0 aliphatic rings. The fraction of sp³-hybridized carbons (Fsp3) is 0. The molecule has 1 heterocycles. The summed E-state index contributed by atoms with van der Waals surface area (Å²) in [6.07, 6.45) is 1.45. The van der Waals surface area contributed by atoms with Gasteiger partial charge in [0.2, 0.25) is 0 Å². The minimum atomic E-state index is 0.157. The van der Waals surface area contributed by atoms with Crippen LogP contribution in [0.5, 0.6) is 5.75 Å². The Bertz CT molecular complexity index is 404. The maximum atomic E-state index is 9.45. The van der Waals surface area contributed by atoms with Gasteiger partial charge in [-0.05, 0) is 22.6 Å². The molecule has 5 heteroatoms. The summed E-state index contributed by atoms with van der Waals surface area (Å²) in [6.45, 7) is 0. The molecule has 2 rings (SSSR count). The van der Waals surface area contributed by atoms with E-state index < -0.39 is 0 Å². The van der Waals surface area contributed by atoms with Crippen LogP contribution in [0.4, 0.5) is 0 Å². The van der Waals surface area contributed by atoms with Gasteiger partial charge in [-0.15, -0.1) is 10.2 Å². The first kappa shape index (κ1) is 7.60. The lowest BCUT2D eigenvalue weighted by Gasteiger charge is -1.99. The van der Waals surface area contributed by atoms with Crippen LogP contribution in [0.2, 0.25) is 0 Å². The summed E-state index contributed by atoms with van der Waals surface area (Å²) in [5.41, 5.74) is 1.11. The second-order valence-corrected chi connectivity index (χ2v) is 2.43.